The molecule has 0 aliphatic heterocycles. The summed E-state index contributed by atoms with van der Waals surface area (Å²) in [6.07, 6.45) is 15.3. The van der Waals surface area contributed by atoms with E-state index in [9.17, 15) is 0 Å². The van der Waals surface area contributed by atoms with Crippen molar-refractivity contribution in [1.82, 2.24) is 0 Å². The van der Waals surface area contributed by atoms with Crippen molar-refractivity contribution in [3.63, 3.8) is 0 Å². The molecule has 1 aliphatic rings. The lowest BCUT2D eigenvalue weighted by atomic mass is 9.86. The predicted octanol–water partition coefficient (Wildman–Crippen LogP) is 25.2. The molecule has 0 nitrogen and oxygen atoms in total. The highest BCUT2D eigenvalue weighted by Gasteiger charge is 2.24. The molecule has 2 heterocycles. The first kappa shape index (κ1) is 66.0. The molecule has 0 saturated heterocycles. The molecule has 0 radical (unpaired) electrons. The van der Waals surface area contributed by atoms with Crippen molar-refractivity contribution in [3.05, 3.63) is 255 Å². The molecule has 1 aliphatic carbocycles. The minimum Gasteiger partial charge on any atom is -0.143 e. The van der Waals surface area contributed by atoms with Crippen LogP contribution in [0.1, 0.15) is 169 Å². The van der Waals surface area contributed by atoms with E-state index in [1.165, 1.54) is 129 Å². The number of hydrogen-bond donors (Lipinski definition) is 1. The van der Waals surface area contributed by atoms with Gasteiger partial charge >= 0.3 is 0 Å². The van der Waals surface area contributed by atoms with Crippen LogP contribution in [0.25, 0.3) is 63.6 Å². The van der Waals surface area contributed by atoms with Crippen LogP contribution in [0, 0.1) is 0 Å². The van der Waals surface area contributed by atoms with Crippen molar-refractivity contribution in [2.75, 3.05) is 0 Å². The summed E-state index contributed by atoms with van der Waals surface area (Å²) in [7, 11) is 0. The lowest BCUT2D eigenvalue weighted by Gasteiger charge is -2.20. The summed E-state index contributed by atoms with van der Waals surface area (Å²) >= 11 is 8.71. The maximum Gasteiger partial charge on any atom is 0.0387 e. The highest BCUT2D eigenvalue weighted by molar-refractivity contribution is 7.80. The van der Waals surface area contributed by atoms with E-state index in [4.69, 9.17) is 0 Å². The van der Waals surface area contributed by atoms with Crippen LogP contribution in [0.3, 0.4) is 0 Å². The molecule has 0 saturated carbocycles. The highest BCUT2D eigenvalue weighted by Crippen LogP contribution is 2.45. The Morgan fingerprint density at radius 2 is 0.682 bits per heavy atom. The fourth-order valence-electron chi connectivity index (χ4n) is 11.6. The van der Waals surface area contributed by atoms with Gasteiger partial charge in [-0.15, -0.1) is 35.3 Å². The van der Waals surface area contributed by atoms with Crippen molar-refractivity contribution in [2.45, 2.75) is 177 Å². The Kier molecular flexibility index (Phi) is 26.4. The third kappa shape index (κ3) is 16.9. The molecule has 11 aromatic rings. The zero-order valence-corrected chi connectivity index (χ0v) is 56.0. The van der Waals surface area contributed by atoms with E-state index >= 15 is 0 Å². The molecule has 2 aromatic heterocycles. The van der Waals surface area contributed by atoms with Crippen LogP contribution < -0.4 is 0 Å². The van der Waals surface area contributed by atoms with Crippen LogP contribution >= 0.6 is 35.3 Å². The Balaban J connectivity index is 0.000000151. The predicted molar refractivity (Wildman–Crippen MR) is 386 cm³/mol. The molecular weight excluding hydrogens is 1080 g/mol. The molecule has 0 fully saturated rings. The monoisotopic (exact) mass is 1180 g/mol. The topological polar surface area (TPSA) is 0 Å². The Morgan fingerprint density at radius 1 is 0.353 bits per heavy atom. The molecule has 0 spiro atoms. The first-order valence-corrected chi connectivity index (χ1v) is 34.4. The molecule has 0 N–H and O–H groups in total. The fraction of sp³-hybridized carbons (Fsp3) is 0.317. The van der Waals surface area contributed by atoms with Crippen molar-refractivity contribution in [1.29, 1.82) is 0 Å². The molecule has 9 aromatic carbocycles. The van der Waals surface area contributed by atoms with E-state index in [2.05, 4.69) is 287 Å². The minimum atomic E-state index is 0.834. The number of benzene rings is 9. The molecule has 3 heteroatoms. The third-order valence-electron chi connectivity index (χ3n) is 16.8. The standard InChI is InChI=1S/C16H20S.C16H16S.C16H18S.2C16H18.C2H6/c2*1-3-11-7-5-9-13-14-10-6-8-12(4-2)16(14)17-15(11)13;1-3-12-7-5-9-14(11-12)15-10-6-8-13(4-2)16(15)17;2*1-3-13-7-5-9-15(11-13)16-10-6-8-14(4-2)12-16;1-2/h5,7,9,12H,3-4,6,8,10H2,1-2H3;5-10H,3-4H2,1-2H3;5-11,17H,3-4H2,1-2H3;2*5-12H,3-4H2,1-2H3;1-2H3. The lowest BCUT2D eigenvalue weighted by molar-refractivity contribution is 0.552. The van der Waals surface area contributed by atoms with Crippen molar-refractivity contribution < 1.29 is 0 Å². The van der Waals surface area contributed by atoms with Crippen molar-refractivity contribution >= 4 is 65.6 Å². The van der Waals surface area contributed by atoms with Crippen LogP contribution in [0.4, 0.5) is 0 Å². The van der Waals surface area contributed by atoms with Gasteiger partial charge in [0.25, 0.3) is 0 Å². The normalized spacial score (nSPS) is 12.3. The number of fused-ring (bicyclic) bond motifs is 6. The van der Waals surface area contributed by atoms with Gasteiger partial charge in [-0.25, -0.2) is 0 Å². The van der Waals surface area contributed by atoms with Gasteiger partial charge in [-0.2, -0.15) is 0 Å². The van der Waals surface area contributed by atoms with E-state index in [1.54, 1.807) is 20.5 Å². The number of hydrogen-bond acceptors (Lipinski definition) is 3. The largest absolute Gasteiger partial charge is 0.143 e. The smallest absolute Gasteiger partial charge is 0.0387 e. The van der Waals surface area contributed by atoms with Gasteiger partial charge in [-0.1, -0.05) is 277 Å². The molecule has 1 unspecified atom stereocenters. The molecule has 12 rings (SSSR count). The van der Waals surface area contributed by atoms with Crippen LogP contribution in [0.15, 0.2) is 199 Å². The molecule has 442 valence electrons. The summed E-state index contributed by atoms with van der Waals surface area (Å²) < 4.78 is 4.53. The van der Waals surface area contributed by atoms with E-state index in [-0.39, 0.29) is 0 Å². The van der Waals surface area contributed by atoms with Gasteiger partial charge in [-0.05, 0) is 184 Å². The maximum atomic E-state index is 4.67. The van der Waals surface area contributed by atoms with Crippen LogP contribution in [0.5, 0.6) is 0 Å². The van der Waals surface area contributed by atoms with Gasteiger partial charge in [0, 0.05) is 34.6 Å². The first-order chi connectivity index (χ1) is 41.6. The molecular formula is C82H96S3. The SMILES string of the molecule is CC.CCc1cccc(-c2cccc(CC)c2)c1.CCc1cccc(-c2cccc(CC)c2)c1.CCc1cccc(-c2cccc(CC)c2S)c1.CCc1cccc2c1sc1c(CC)cccc12.CCc1cccc2c3c(sc12)C(CC)CCC3. The summed E-state index contributed by atoms with van der Waals surface area (Å²) in [5.74, 6) is 0.834. The summed E-state index contributed by atoms with van der Waals surface area (Å²) in [6, 6.07) is 70.6. The molecule has 85 heavy (non-hydrogen) atoms. The number of thiophene rings is 2. The number of aryl methyl sites for hydroxylation is 10. The summed E-state index contributed by atoms with van der Waals surface area (Å²) in [5, 5.41) is 4.42. The Labute approximate surface area is 527 Å². The zero-order chi connectivity index (χ0) is 60.7. The zero-order valence-electron chi connectivity index (χ0n) is 53.5. The third-order valence-corrected chi connectivity index (χ3v) is 20.1. The van der Waals surface area contributed by atoms with Crippen LogP contribution in [0.2, 0.25) is 0 Å². The van der Waals surface area contributed by atoms with Gasteiger partial charge < -0.3 is 0 Å². The van der Waals surface area contributed by atoms with E-state index in [0.29, 0.717) is 0 Å². The number of thiol groups is 1. The molecule has 0 amide bonds. The quantitative estimate of drug-likeness (QED) is 0.109. The van der Waals surface area contributed by atoms with E-state index < -0.39 is 0 Å². The van der Waals surface area contributed by atoms with Crippen LogP contribution in [-0.4, -0.2) is 0 Å². The number of rotatable bonds is 13. The van der Waals surface area contributed by atoms with Gasteiger partial charge in [0.1, 0.15) is 0 Å². The molecule has 1 atom stereocenters. The van der Waals surface area contributed by atoms with E-state index in [0.717, 1.165) is 68.6 Å². The first-order valence-electron chi connectivity index (χ1n) is 32.3. The van der Waals surface area contributed by atoms with Crippen molar-refractivity contribution in [3.8, 4) is 33.4 Å². The Hall–Kier alpha value is -6.49. The van der Waals surface area contributed by atoms with Gasteiger partial charge in [0.15, 0.2) is 0 Å². The van der Waals surface area contributed by atoms with Gasteiger partial charge in [0.2, 0.25) is 0 Å². The maximum absolute atomic E-state index is 4.67. The summed E-state index contributed by atoms with van der Waals surface area (Å²) in [4.78, 5) is 2.82. The minimum absolute atomic E-state index is 0.834. The second kappa shape index (κ2) is 34.0. The second-order valence-corrected chi connectivity index (χ2v) is 24.4. The van der Waals surface area contributed by atoms with Crippen LogP contribution in [-0.2, 0) is 64.2 Å². The second-order valence-electron chi connectivity index (χ2n) is 21.9. The summed E-state index contributed by atoms with van der Waals surface area (Å²) in [6.45, 7) is 26.2. The van der Waals surface area contributed by atoms with E-state index in [1.807, 2.05) is 25.2 Å². The lowest BCUT2D eigenvalue weighted by Crippen LogP contribution is -2.05. The average molecular weight is 1180 g/mol. The summed E-state index contributed by atoms with van der Waals surface area (Å²) in [5.41, 5.74) is 22.3. The van der Waals surface area contributed by atoms with Gasteiger partial charge in [0.05, 0.1) is 0 Å². The Bertz CT molecular complexity index is 3580. The Morgan fingerprint density at radius 3 is 1.06 bits per heavy atom. The van der Waals surface area contributed by atoms with Gasteiger partial charge in [-0.3, -0.25) is 0 Å². The average Bonchev–Trinajstić information content (AvgIpc) is 3.43. The fourth-order valence-corrected chi connectivity index (χ4v) is 15.2. The highest BCUT2D eigenvalue weighted by atomic mass is 32.1. The molecule has 0 bridgehead atoms. The van der Waals surface area contributed by atoms with Crippen molar-refractivity contribution in [2.24, 2.45) is 0 Å².